The molecule has 3 amide bonds. The average Bonchev–Trinajstić information content (AvgIpc) is 3.48. The van der Waals surface area contributed by atoms with Crippen molar-refractivity contribution in [3.8, 4) is 0 Å². The maximum absolute atomic E-state index is 14.7. The number of halogens is 1. The maximum atomic E-state index is 14.7. The van der Waals surface area contributed by atoms with Crippen molar-refractivity contribution in [1.29, 1.82) is 0 Å². The molecule has 0 atom stereocenters. The number of amides is 3. The smallest absolute Gasteiger partial charge is 0.320 e. The van der Waals surface area contributed by atoms with Crippen molar-refractivity contribution >= 4 is 39.3 Å². The van der Waals surface area contributed by atoms with Gasteiger partial charge >= 0.3 is 6.03 Å². The number of hydrogen-bond acceptors (Lipinski definition) is 5. The molecule has 0 unspecified atom stereocenters. The number of fused-ring (bicyclic) bond motifs is 1. The number of benzene rings is 1. The molecule has 3 N–H and O–H groups in total. The van der Waals surface area contributed by atoms with Crippen LogP contribution in [0.25, 0.3) is 10.2 Å². The largest absolute Gasteiger partial charge is 0.342 e. The van der Waals surface area contributed by atoms with E-state index in [-0.39, 0.29) is 23.8 Å². The first kappa shape index (κ1) is 20.8. The fourth-order valence-corrected chi connectivity index (χ4v) is 5.35. The molecule has 2 heterocycles. The van der Waals surface area contributed by atoms with E-state index in [9.17, 15) is 14.0 Å². The zero-order chi connectivity index (χ0) is 22.1. The molecule has 2 fully saturated rings. The molecule has 2 saturated carbocycles. The molecule has 166 valence electrons. The van der Waals surface area contributed by atoms with E-state index in [4.69, 9.17) is 0 Å². The van der Waals surface area contributed by atoms with E-state index in [1.54, 1.807) is 23.6 Å². The molecule has 1 aromatic carbocycles. The Morgan fingerprint density at radius 3 is 2.62 bits per heavy atom. The van der Waals surface area contributed by atoms with Crippen LogP contribution in [0.2, 0.25) is 0 Å². The van der Waals surface area contributed by atoms with Crippen LogP contribution in [0.15, 0.2) is 36.0 Å². The summed E-state index contributed by atoms with van der Waals surface area (Å²) in [5.74, 6) is -0.229. The topological polar surface area (TPSA) is 96.0 Å². The highest BCUT2D eigenvalue weighted by Gasteiger charge is 2.38. The predicted molar refractivity (Wildman–Crippen MR) is 121 cm³/mol. The molecule has 0 radical (unpaired) electrons. The molecule has 0 bridgehead atoms. The molecule has 2 aliphatic carbocycles. The van der Waals surface area contributed by atoms with Gasteiger partial charge in [0.25, 0.3) is 5.91 Å². The minimum Gasteiger partial charge on any atom is -0.342 e. The highest BCUT2D eigenvalue weighted by Crippen LogP contribution is 2.39. The normalized spacial score (nSPS) is 17.7. The van der Waals surface area contributed by atoms with Crippen LogP contribution < -0.4 is 16.0 Å². The van der Waals surface area contributed by atoms with Crippen molar-refractivity contribution in [2.24, 2.45) is 0 Å². The molecule has 2 aliphatic rings. The van der Waals surface area contributed by atoms with Crippen LogP contribution in [0.5, 0.6) is 0 Å². The highest BCUT2D eigenvalue weighted by atomic mass is 32.1. The quantitative estimate of drug-likeness (QED) is 0.522. The number of thiophene rings is 1. The van der Waals surface area contributed by atoms with Gasteiger partial charge < -0.3 is 10.6 Å². The molecule has 32 heavy (non-hydrogen) atoms. The van der Waals surface area contributed by atoms with Crippen LogP contribution in [-0.4, -0.2) is 27.9 Å². The van der Waals surface area contributed by atoms with Crippen LogP contribution in [0.1, 0.15) is 60.9 Å². The lowest BCUT2D eigenvalue weighted by atomic mass is 9.76. The summed E-state index contributed by atoms with van der Waals surface area (Å²) in [6.07, 6.45) is 7.59. The Hall–Kier alpha value is -3.07. The van der Waals surface area contributed by atoms with Crippen LogP contribution in [0, 0.1) is 5.82 Å². The van der Waals surface area contributed by atoms with Crippen LogP contribution >= 0.6 is 11.3 Å². The Morgan fingerprint density at radius 1 is 1.09 bits per heavy atom. The molecular weight excluding hydrogens is 429 g/mol. The highest BCUT2D eigenvalue weighted by molar-refractivity contribution is 7.18. The first-order valence-electron chi connectivity index (χ1n) is 10.9. The molecule has 0 spiro atoms. The van der Waals surface area contributed by atoms with Crippen LogP contribution in [0.4, 0.5) is 15.0 Å². The minimum atomic E-state index is -0.743. The Balaban J connectivity index is 1.43. The Labute approximate surface area is 188 Å². The first-order valence-corrected chi connectivity index (χ1v) is 11.8. The van der Waals surface area contributed by atoms with E-state index in [0.717, 1.165) is 32.1 Å². The van der Waals surface area contributed by atoms with Gasteiger partial charge in [-0.2, -0.15) is 0 Å². The number of carbonyl (C=O) groups is 2. The van der Waals surface area contributed by atoms with Crippen LogP contribution in [-0.2, 0) is 5.54 Å². The number of nitrogens with one attached hydrogen (secondary N) is 3. The minimum absolute atomic E-state index is 0.224. The van der Waals surface area contributed by atoms with Crippen molar-refractivity contribution in [2.75, 3.05) is 5.32 Å². The van der Waals surface area contributed by atoms with E-state index in [1.807, 2.05) is 0 Å². The summed E-state index contributed by atoms with van der Waals surface area (Å²) >= 11 is 1.30. The first-order chi connectivity index (χ1) is 15.6. The van der Waals surface area contributed by atoms with Crippen molar-refractivity contribution in [3.05, 3.63) is 52.9 Å². The zero-order valence-corrected chi connectivity index (χ0v) is 18.3. The van der Waals surface area contributed by atoms with E-state index in [2.05, 4.69) is 25.9 Å². The number of urea groups is 1. The number of nitrogens with zero attached hydrogens (tertiary/aromatic N) is 2. The Kier molecular flexibility index (Phi) is 5.50. The van der Waals surface area contributed by atoms with Gasteiger partial charge in [0, 0.05) is 17.0 Å². The number of carbonyl (C=O) groups excluding carboxylic acids is 2. The summed E-state index contributed by atoms with van der Waals surface area (Å²) in [6, 6.07) is 6.58. The molecule has 0 saturated heterocycles. The van der Waals surface area contributed by atoms with Crippen molar-refractivity contribution in [3.63, 3.8) is 0 Å². The summed E-state index contributed by atoms with van der Waals surface area (Å²) in [7, 11) is 0. The van der Waals surface area contributed by atoms with Gasteiger partial charge in [-0.05, 0) is 31.7 Å². The molecule has 9 heteroatoms. The van der Waals surface area contributed by atoms with E-state index >= 15 is 0 Å². The van der Waals surface area contributed by atoms with Gasteiger partial charge in [-0.1, -0.05) is 37.5 Å². The van der Waals surface area contributed by atoms with Crippen molar-refractivity contribution in [2.45, 2.75) is 56.5 Å². The maximum Gasteiger partial charge on any atom is 0.320 e. The van der Waals surface area contributed by atoms with Gasteiger partial charge in [0.15, 0.2) is 5.82 Å². The van der Waals surface area contributed by atoms with Crippen molar-refractivity contribution in [1.82, 2.24) is 20.6 Å². The number of aromatic nitrogens is 2. The molecule has 5 rings (SSSR count). The van der Waals surface area contributed by atoms with Gasteiger partial charge in [-0.15, -0.1) is 11.3 Å². The summed E-state index contributed by atoms with van der Waals surface area (Å²) < 4.78 is 15.3. The lowest BCUT2D eigenvalue weighted by Crippen LogP contribution is -2.47. The predicted octanol–water partition coefficient (Wildman–Crippen LogP) is 4.70. The van der Waals surface area contributed by atoms with E-state index in [0.29, 0.717) is 40.0 Å². The second kappa shape index (κ2) is 8.46. The van der Waals surface area contributed by atoms with Gasteiger partial charge in [0.1, 0.15) is 12.1 Å². The fourth-order valence-electron chi connectivity index (χ4n) is 4.41. The van der Waals surface area contributed by atoms with E-state index in [1.165, 1.54) is 23.7 Å². The number of rotatable bonds is 5. The third kappa shape index (κ3) is 4.04. The lowest BCUT2D eigenvalue weighted by molar-refractivity contribution is 0.0865. The second-order valence-corrected chi connectivity index (χ2v) is 9.38. The zero-order valence-electron chi connectivity index (χ0n) is 17.5. The standard InChI is InChI=1S/C23H24FN5O2S/c24-17-7-3-2-6-16(17)23(10-4-1-5-11-23)29-21(30)15-12-32-19-18(15)25-13-26-20(19)28-22(31)27-14-8-9-14/h2-3,6-7,12-14H,1,4-5,8-11H2,(H,29,30)(H2,25,26,27,28,31). The molecule has 2 aromatic heterocycles. The monoisotopic (exact) mass is 453 g/mol. The van der Waals surface area contributed by atoms with Gasteiger partial charge in [0.2, 0.25) is 0 Å². The molecule has 0 aliphatic heterocycles. The molecular formula is C23H24FN5O2S. The Bertz CT molecular complexity index is 1170. The Morgan fingerprint density at radius 2 is 1.88 bits per heavy atom. The van der Waals surface area contributed by atoms with Gasteiger partial charge in [0.05, 0.1) is 21.3 Å². The summed E-state index contributed by atoms with van der Waals surface area (Å²) in [5, 5.41) is 10.5. The lowest BCUT2D eigenvalue weighted by Gasteiger charge is -2.38. The molecule has 7 nitrogen and oxygen atoms in total. The van der Waals surface area contributed by atoms with E-state index < -0.39 is 5.54 Å². The SMILES string of the molecule is O=C(Nc1ncnc2c(C(=O)NC3(c4ccccc4F)CCCCC3)csc12)NC1CC1. The summed E-state index contributed by atoms with van der Waals surface area (Å²) in [4.78, 5) is 34.0. The summed E-state index contributed by atoms with van der Waals surface area (Å²) in [6.45, 7) is 0. The third-order valence-corrected chi connectivity index (χ3v) is 7.17. The number of anilines is 1. The number of hydrogen-bond donors (Lipinski definition) is 3. The second-order valence-electron chi connectivity index (χ2n) is 8.50. The van der Waals surface area contributed by atoms with Gasteiger partial charge in [-0.3, -0.25) is 10.1 Å². The average molecular weight is 454 g/mol. The third-order valence-electron chi connectivity index (χ3n) is 6.19. The summed E-state index contributed by atoms with van der Waals surface area (Å²) in [5.41, 5.74) is 0.664. The molecule has 3 aromatic rings. The van der Waals surface area contributed by atoms with Crippen molar-refractivity contribution < 1.29 is 14.0 Å². The van der Waals surface area contributed by atoms with Crippen LogP contribution in [0.3, 0.4) is 0 Å². The van der Waals surface area contributed by atoms with Gasteiger partial charge in [-0.25, -0.2) is 19.2 Å². The fraction of sp³-hybridized carbons (Fsp3) is 0.391.